The predicted molar refractivity (Wildman–Crippen MR) is 100.0 cm³/mol. The quantitative estimate of drug-likeness (QED) is 0.721. The van der Waals surface area contributed by atoms with Crippen LogP contribution in [0.1, 0.15) is 81.6 Å². The summed E-state index contributed by atoms with van der Waals surface area (Å²) in [7, 11) is 0. The number of ether oxygens (including phenoxy) is 2. The lowest BCUT2D eigenvalue weighted by Gasteiger charge is -2.30. The molecule has 1 atom stereocenters. The average molecular weight is 358 g/mol. The molecule has 0 unspecified atom stereocenters. The Balaban J connectivity index is 1.55. The zero-order valence-electron chi connectivity index (χ0n) is 16.3. The number of carbonyl (C=O) groups is 2. The van der Waals surface area contributed by atoms with Crippen molar-refractivity contribution in [1.82, 2.24) is 0 Å². The van der Waals surface area contributed by atoms with Gasteiger partial charge in [0.25, 0.3) is 0 Å². The van der Waals surface area contributed by atoms with E-state index in [1.54, 1.807) is 0 Å². The molecule has 4 nitrogen and oxygen atoms in total. The first-order valence-corrected chi connectivity index (χ1v) is 9.74. The van der Waals surface area contributed by atoms with Gasteiger partial charge in [0.15, 0.2) is 0 Å². The molecule has 0 heterocycles. The minimum Gasteiger partial charge on any atom is -0.462 e. The molecule has 2 aliphatic carbocycles. The Labute approximate surface area is 156 Å². The summed E-state index contributed by atoms with van der Waals surface area (Å²) >= 11 is 0. The van der Waals surface area contributed by atoms with E-state index in [1.165, 1.54) is 5.56 Å². The number of esters is 2. The van der Waals surface area contributed by atoms with E-state index in [9.17, 15) is 9.59 Å². The van der Waals surface area contributed by atoms with E-state index < -0.39 is 5.60 Å². The van der Waals surface area contributed by atoms with Crippen LogP contribution in [-0.2, 0) is 14.3 Å². The summed E-state index contributed by atoms with van der Waals surface area (Å²) in [5, 5.41) is 0. The largest absolute Gasteiger partial charge is 0.462 e. The van der Waals surface area contributed by atoms with Gasteiger partial charge in [0, 0.05) is 0 Å². The highest BCUT2D eigenvalue weighted by Crippen LogP contribution is 2.63. The van der Waals surface area contributed by atoms with Gasteiger partial charge in [-0.3, -0.25) is 4.79 Å². The summed E-state index contributed by atoms with van der Waals surface area (Å²) in [6.07, 6.45) is 5.34. The SMILES string of the molecule is CCOC(=O)c1ccc(C2CCC3(CC2)C[C@H]3C(=O)OC(C)(C)C)cc1. The Morgan fingerprint density at radius 1 is 1.12 bits per heavy atom. The van der Waals surface area contributed by atoms with Gasteiger partial charge in [-0.2, -0.15) is 0 Å². The molecule has 0 amide bonds. The molecular formula is C22H30O4. The minimum atomic E-state index is -0.404. The van der Waals surface area contributed by atoms with Crippen LogP contribution in [0.25, 0.3) is 0 Å². The molecule has 0 saturated heterocycles. The maximum atomic E-state index is 12.3. The summed E-state index contributed by atoms with van der Waals surface area (Å²) in [6.45, 7) is 7.99. The van der Waals surface area contributed by atoms with Crippen molar-refractivity contribution in [3.63, 3.8) is 0 Å². The molecule has 0 aliphatic heterocycles. The zero-order chi connectivity index (χ0) is 18.9. The molecule has 3 rings (SSSR count). The van der Waals surface area contributed by atoms with Crippen LogP contribution in [0, 0.1) is 11.3 Å². The standard InChI is InChI=1S/C22H30O4/c1-5-25-19(23)17-8-6-15(7-9-17)16-10-12-22(13-11-16)14-18(22)20(24)26-21(2,3)4/h6-9,16,18H,5,10-14H2,1-4H3/t16?,18-,22?/m0/s1. The third-order valence-corrected chi connectivity index (χ3v) is 5.76. The van der Waals surface area contributed by atoms with E-state index in [2.05, 4.69) is 0 Å². The maximum Gasteiger partial charge on any atom is 0.338 e. The van der Waals surface area contributed by atoms with Crippen molar-refractivity contribution in [3.8, 4) is 0 Å². The summed E-state index contributed by atoms with van der Waals surface area (Å²) in [4.78, 5) is 24.1. The number of hydrogen-bond acceptors (Lipinski definition) is 4. The topological polar surface area (TPSA) is 52.6 Å². The second-order valence-corrected chi connectivity index (χ2v) is 8.77. The molecule has 2 aliphatic rings. The van der Waals surface area contributed by atoms with Gasteiger partial charge in [0.1, 0.15) is 5.60 Å². The lowest BCUT2D eigenvalue weighted by Crippen LogP contribution is -2.27. The highest BCUT2D eigenvalue weighted by molar-refractivity contribution is 5.89. The van der Waals surface area contributed by atoms with Gasteiger partial charge in [0.2, 0.25) is 0 Å². The van der Waals surface area contributed by atoms with E-state index in [0.717, 1.165) is 32.1 Å². The zero-order valence-corrected chi connectivity index (χ0v) is 16.3. The highest BCUT2D eigenvalue weighted by atomic mass is 16.6. The van der Waals surface area contributed by atoms with Crippen molar-refractivity contribution in [3.05, 3.63) is 35.4 Å². The van der Waals surface area contributed by atoms with Crippen molar-refractivity contribution in [1.29, 1.82) is 0 Å². The lowest BCUT2D eigenvalue weighted by atomic mass is 9.75. The molecule has 26 heavy (non-hydrogen) atoms. The van der Waals surface area contributed by atoms with Crippen LogP contribution in [0.2, 0.25) is 0 Å². The highest BCUT2D eigenvalue weighted by Gasteiger charge is 2.59. The molecule has 0 bridgehead atoms. The number of carbonyl (C=O) groups excluding carboxylic acids is 2. The van der Waals surface area contributed by atoms with Gasteiger partial charge >= 0.3 is 11.9 Å². The van der Waals surface area contributed by atoms with Crippen LogP contribution in [0.5, 0.6) is 0 Å². The molecular weight excluding hydrogens is 328 g/mol. The first-order chi connectivity index (χ1) is 12.2. The van der Waals surface area contributed by atoms with Crippen LogP contribution in [0.4, 0.5) is 0 Å². The fraction of sp³-hybridized carbons (Fsp3) is 0.636. The smallest absolute Gasteiger partial charge is 0.338 e. The molecule has 0 N–H and O–H groups in total. The monoisotopic (exact) mass is 358 g/mol. The second kappa shape index (κ2) is 7.05. The van der Waals surface area contributed by atoms with Crippen molar-refractivity contribution in [2.45, 2.75) is 71.3 Å². The third kappa shape index (κ3) is 4.11. The fourth-order valence-electron chi connectivity index (χ4n) is 4.24. The van der Waals surface area contributed by atoms with Crippen molar-refractivity contribution in [2.75, 3.05) is 6.61 Å². The first-order valence-electron chi connectivity index (χ1n) is 9.74. The van der Waals surface area contributed by atoms with Crippen LogP contribution in [0.3, 0.4) is 0 Å². The lowest BCUT2D eigenvalue weighted by molar-refractivity contribution is -0.157. The molecule has 1 aromatic rings. The van der Waals surface area contributed by atoms with Gasteiger partial charge in [-0.25, -0.2) is 4.79 Å². The summed E-state index contributed by atoms with van der Waals surface area (Å²) in [5.41, 5.74) is 1.67. The molecule has 1 spiro atoms. The van der Waals surface area contributed by atoms with Crippen LogP contribution in [0.15, 0.2) is 24.3 Å². The Hall–Kier alpha value is -1.84. The Morgan fingerprint density at radius 3 is 2.27 bits per heavy atom. The van der Waals surface area contributed by atoms with E-state index >= 15 is 0 Å². The molecule has 0 aromatic heterocycles. The number of rotatable bonds is 4. The van der Waals surface area contributed by atoms with E-state index in [-0.39, 0.29) is 23.3 Å². The summed E-state index contributed by atoms with van der Waals surface area (Å²) < 4.78 is 10.6. The maximum absolute atomic E-state index is 12.3. The normalized spacial score (nSPS) is 27.8. The van der Waals surface area contributed by atoms with Crippen LogP contribution >= 0.6 is 0 Å². The van der Waals surface area contributed by atoms with E-state index in [1.807, 2.05) is 52.0 Å². The molecule has 142 valence electrons. The van der Waals surface area contributed by atoms with Crippen molar-refractivity contribution in [2.24, 2.45) is 11.3 Å². The van der Waals surface area contributed by atoms with Gasteiger partial charge in [-0.15, -0.1) is 0 Å². The average Bonchev–Trinajstić information content (AvgIpc) is 3.28. The molecule has 2 saturated carbocycles. The summed E-state index contributed by atoms with van der Waals surface area (Å²) in [6, 6.07) is 7.82. The number of benzene rings is 1. The molecule has 4 heteroatoms. The van der Waals surface area contributed by atoms with E-state index in [4.69, 9.17) is 9.47 Å². The summed E-state index contributed by atoms with van der Waals surface area (Å²) in [5.74, 6) is 0.320. The van der Waals surface area contributed by atoms with Crippen LogP contribution in [-0.4, -0.2) is 24.1 Å². The molecule has 0 radical (unpaired) electrons. The minimum absolute atomic E-state index is 0.0188. The van der Waals surface area contributed by atoms with Gasteiger partial charge < -0.3 is 9.47 Å². The van der Waals surface area contributed by atoms with Crippen molar-refractivity contribution >= 4 is 11.9 Å². The first kappa shape index (κ1) is 18.9. The molecule has 1 aromatic carbocycles. The molecule has 2 fully saturated rings. The number of hydrogen-bond donors (Lipinski definition) is 0. The second-order valence-electron chi connectivity index (χ2n) is 8.77. The van der Waals surface area contributed by atoms with E-state index in [0.29, 0.717) is 18.1 Å². The predicted octanol–water partition coefficient (Wildman–Crippen LogP) is 4.87. The Bertz CT molecular complexity index is 660. The Kier molecular flexibility index (Phi) is 5.14. The van der Waals surface area contributed by atoms with Gasteiger partial charge in [0.05, 0.1) is 18.1 Å². The third-order valence-electron chi connectivity index (χ3n) is 5.76. The Morgan fingerprint density at radius 2 is 1.73 bits per heavy atom. The van der Waals surface area contributed by atoms with Gasteiger partial charge in [-0.05, 0) is 88.8 Å². The fourth-order valence-corrected chi connectivity index (χ4v) is 4.24. The van der Waals surface area contributed by atoms with Gasteiger partial charge in [-0.1, -0.05) is 12.1 Å². The van der Waals surface area contributed by atoms with Crippen LogP contribution < -0.4 is 0 Å². The van der Waals surface area contributed by atoms with Crippen molar-refractivity contribution < 1.29 is 19.1 Å².